The number of benzene rings is 1. The summed E-state index contributed by atoms with van der Waals surface area (Å²) < 4.78 is 1.19. The van der Waals surface area contributed by atoms with Crippen molar-refractivity contribution in [2.24, 2.45) is 5.73 Å². The van der Waals surface area contributed by atoms with E-state index in [2.05, 4.69) is 46.0 Å². The number of halogens is 2. The molecule has 1 aromatic carbocycles. The second-order valence-corrected chi connectivity index (χ2v) is 5.44. The first-order valence-electron chi connectivity index (χ1n) is 5.90. The van der Waals surface area contributed by atoms with Crippen LogP contribution in [0, 0.1) is 6.92 Å². The van der Waals surface area contributed by atoms with E-state index in [4.69, 9.17) is 5.73 Å². The monoisotopic (exact) mass is 318 g/mol. The lowest BCUT2D eigenvalue weighted by Crippen LogP contribution is -2.34. The van der Waals surface area contributed by atoms with Gasteiger partial charge in [-0.1, -0.05) is 28.1 Å². The number of likely N-dealkylation sites (tertiary alicyclic amines) is 1. The molecule has 1 aromatic rings. The maximum atomic E-state index is 5.78. The lowest BCUT2D eigenvalue weighted by Gasteiger charge is -2.23. The molecule has 0 spiro atoms. The maximum Gasteiger partial charge on any atom is 0.0237 e. The highest BCUT2D eigenvalue weighted by Gasteiger charge is 2.22. The van der Waals surface area contributed by atoms with Crippen LogP contribution in [0.3, 0.4) is 0 Å². The van der Waals surface area contributed by atoms with Gasteiger partial charge in [0.05, 0.1) is 0 Å². The predicted molar refractivity (Wildman–Crippen MR) is 78.6 cm³/mol. The Hall–Kier alpha value is -0.0900. The highest BCUT2D eigenvalue weighted by atomic mass is 79.9. The van der Waals surface area contributed by atoms with Crippen molar-refractivity contribution in [2.75, 3.05) is 13.1 Å². The van der Waals surface area contributed by atoms with Crippen LogP contribution in [-0.2, 0) is 6.54 Å². The van der Waals surface area contributed by atoms with E-state index in [1.807, 2.05) is 0 Å². The molecule has 0 aliphatic carbocycles. The van der Waals surface area contributed by atoms with Crippen molar-refractivity contribution in [1.82, 2.24) is 4.90 Å². The second-order valence-electron chi connectivity index (χ2n) is 4.59. The van der Waals surface area contributed by atoms with Crippen LogP contribution in [0.5, 0.6) is 0 Å². The molecule has 0 radical (unpaired) electrons. The topological polar surface area (TPSA) is 29.3 Å². The first-order valence-corrected chi connectivity index (χ1v) is 6.69. The molecule has 0 amide bonds. The van der Waals surface area contributed by atoms with Crippen molar-refractivity contribution in [3.8, 4) is 0 Å². The summed E-state index contributed by atoms with van der Waals surface area (Å²) in [4.78, 5) is 2.50. The highest BCUT2D eigenvalue weighted by molar-refractivity contribution is 9.10. The van der Waals surface area contributed by atoms with E-state index in [0.717, 1.165) is 13.1 Å². The Kier molecular flexibility index (Phi) is 5.93. The van der Waals surface area contributed by atoms with E-state index < -0.39 is 0 Å². The molecule has 2 N–H and O–H groups in total. The largest absolute Gasteiger partial charge is 0.329 e. The fraction of sp³-hybridized carbons (Fsp3) is 0.538. The quantitative estimate of drug-likeness (QED) is 0.927. The average Bonchev–Trinajstić information content (AvgIpc) is 2.71. The van der Waals surface area contributed by atoms with Crippen molar-refractivity contribution >= 4 is 28.3 Å². The molecule has 1 fully saturated rings. The average molecular weight is 320 g/mol. The summed E-state index contributed by atoms with van der Waals surface area (Å²) in [6.07, 6.45) is 2.55. The molecule has 4 heteroatoms. The molecule has 2 rings (SSSR count). The smallest absolute Gasteiger partial charge is 0.0237 e. The standard InChI is InChI=1S/C13H19BrN2.ClH/c1-10-7-11(4-5-13(10)14)9-16-6-2-3-12(16)8-15;/h4-5,7,12H,2-3,6,8-9,15H2,1H3;1H. The molecular formula is C13H20BrClN2. The zero-order chi connectivity index (χ0) is 11.5. The van der Waals surface area contributed by atoms with E-state index in [-0.39, 0.29) is 12.4 Å². The molecule has 0 aromatic heterocycles. The van der Waals surface area contributed by atoms with Gasteiger partial charge in [-0.15, -0.1) is 12.4 Å². The predicted octanol–water partition coefficient (Wildman–Crippen LogP) is 3.10. The Labute approximate surface area is 118 Å². The van der Waals surface area contributed by atoms with Crippen LogP contribution in [0.4, 0.5) is 0 Å². The van der Waals surface area contributed by atoms with Gasteiger partial charge in [0, 0.05) is 23.6 Å². The SMILES string of the molecule is Cc1cc(CN2CCCC2CN)ccc1Br.Cl. The van der Waals surface area contributed by atoms with Gasteiger partial charge in [-0.3, -0.25) is 4.90 Å². The summed E-state index contributed by atoms with van der Waals surface area (Å²) in [5.74, 6) is 0. The number of nitrogens with two attached hydrogens (primary N) is 1. The van der Waals surface area contributed by atoms with Gasteiger partial charge >= 0.3 is 0 Å². The number of nitrogens with zero attached hydrogens (tertiary/aromatic N) is 1. The van der Waals surface area contributed by atoms with E-state index in [1.54, 1.807) is 0 Å². The third kappa shape index (κ3) is 3.68. The minimum absolute atomic E-state index is 0. The fourth-order valence-electron chi connectivity index (χ4n) is 2.41. The van der Waals surface area contributed by atoms with Crippen molar-refractivity contribution in [1.29, 1.82) is 0 Å². The van der Waals surface area contributed by atoms with Crippen LogP contribution in [0.1, 0.15) is 24.0 Å². The minimum Gasteiger partial charge on any atom is -0.329 e. The number of rotatable bonds is 3. The lowest BCUT2D eigenvalue weighted by atomic mass is 10.1. The Balaban J connectivity index is 0.00000144. The van der Waals surface area contributed by atoms with Crippen molar-refractivity contribution in [2.45, 2.75) is 32.4 Å². The van der Waals surface area contributed by atoms with Crippen LogP contribution in [0.15, 0.2) is 22.7 Å². The molecule has 1 unspecified atom stereocenters. The van der Waals surface area contributed by atoms with Gasteiger partial charge in [0.1, 0.15) is 0 Å². The van der Waals surface area contributed by atoms with E-state index in [0.29, 0.717) is 6.04 Å². The van der Waals surface area contributed by atoms with Gasteiger partial charge < -0.3 is 5.73 Å². The van der Waals surface area contributed by atoms with Gasteiger partial charge in [-0.05, 0) is 43.5 Å². The van der Waals surface area contributed by atoms with Gasteiger partial charge in [0.15, 0.2) is 0 Å². The maximum absolute atomic E-state index is 5.78. The zero-order valence-electron chi connectivity index (χ0n) is 10.2. The van der Waals surface area contributed by atoms with Crippen molar-refractivity contribution < 1.29 is 0 Å². The van der Waals surface area contributed by atoms with Crippen molar-refractivity contribution in [3.05, 3.63) is 33.8 Å². The molecule has 1 heterocycles. The lowest BCUT2D eigenvalue weighted by molar-refractivity contribution is 0.250. The van der Waals surface area contributed by atoms with Gasteiger partial charge in [-0.25, -0.2) is 0 Å². The molecule has 96 valence electrons. The molecule has 0 bridgehead atoms. The Morgan fingerprint density at radius 1 is 1.47 bits per heavy atom. The molecule has 1 aliphatic rings. The van der Waals surface area contributed by atoms with Gasteiger partial charge in [0.2, 0.25) is 0 Å². The normalized spacial score (nSPS) is 20.3. The number of hydrogen-bond donors (Lipinski definition) is 1. The third-order valence-electron chi connectivity index (χ3n) is 3.38. The van der Waals surface area contributed by atoms with Crippen molar-refractivity contribution in [3.63, 3.8) is 0 Å². The summed E-state index contributed by atoms with van der Waals surface area (Å²) in [7, 11) is 0. The zero-order valence-corrected chi connectivity index (χ0v) is 12.6. The van der Waals surface area contributed by atoms with Gasteiger partial charge in [-0.2, -0.15) is 0 Å². The van der Waals surface area contributed by atoms with Crippen LogP contribution < -0.4 is 5.73 Å². The molecule has 1 aliphatic heterocycles. The Morgan fingerprint density at radius 2 is 2.24 bits per heavy atom. The molecule has 1 atom stereocenters. The Morgan fingerprint density at radius 3 is 2.88 bits per heavy atom. The molecular weight excluding hydrogens is 300 g/mol. The summed E-state index contributed by atoms with van der Waals surface area (Å²) in [6.45, 7) is 5.15. The molecule has 2 nitrogen and oxygen atoms in total. The van der Waals surface area contributed by atoms with Crippen LogP contribution >= 0.6 is 28.3 Å². The van der Waals surface area contributed by atoms with Gasteiger partial charge in [0.25, 0.3) is 0 Å². The summed E-state index contributed by atoms with van der Waals surface area (Å²) in [6, 6.07) is 7.18. The van der Waals surface area contributed by atoms with Crippen LogP contribution in [0.25, 0.3) is 0 Å². The summed E-state index contributed by atoms with van der Waals surface area (Å²) >= 11 is 3.53. The highest BCUT2D eigenvalue weighted by Crippen LogP contribution is 2.22. The van der Waals surface area contributed by atoms with E-state index >= 15 is 0 Å². The molecule has 1 saturated heterocycles. The number of aryl methyl sites for hydroxylation is 1. The molecule has 0 saturated carbocycles. The number of hydrogen-bond acceptors (Lipinski definition) is 2. The van der Waals surface area contributed by atoms with Crippen LogP contribution in [-0.4, -0.2) is 24.0 Å². The second kappa shape index (κ2) is 6.74. The summed E-state index contributed by atoms with van der Waals surface area (Å²) in [5.41, 5.74) is 8.48. The van der Waals surface area contributed by atoms with Crippen LogP contribution in [0.2, 0.25) is 0 Å². The summed E-state index contributed by atoms with van der Waals surface area (Å²) in [5, 5.41) is 0. The Bertz CT molecular complexity index is 370. The first kappa shape index (κ1) is 15.0. The first-order chi connectivity index (χ1) is 7.70. The van der Waals surface area contributed by atoms with E-state index in [9.17, 15) is 0 Å². The third-order valence-corrected chi connectivity index (χ3v) is 4.27. The fourth-order valence-corrected chi connectivity index (χ4v) is 2.66. The minimum atomic E-state index is 0. The van der Waals surface area contributed by atoms with E-state index in [1.165, 1.54) is 35.0 Å². The molecule has 17 heavy (non-hydrogen) atoms.